The van der Waals surface area contributed by atoms with Crippen molar-refractivity contribution >= 4 is 0 Å². The van der Waals surface area contributed by atoms with Gasteiger partial charge in [0.05, 0.1) is 19.4 Å². The van der Waals surface area contributed by atoms with Crippen molar-refractivity contribution in [2.24, 2.45) is 0 Å². The van der Waals surface area contributed by atoms with Gasteiger partial charge in [-0.05, 0) is 18.9 Å². The van der Waals surface area contributed by atoms with Crippen LogP contribution in [-0.4, -0.2) is 15.6 Å². The van der Waals surface area contributed by atoms with Crippen LogP contribution in [0.2, 0.25) is 0 Å². The minimum Gasteiger partial charge on any atom is -0.468 e. The first-order valence-corrected chi connectivity index (χ1v) is 6.65. The van der Waals surface area contributed by atoms with Gasteiger partial charge >= 0.3 is 0 Å². The maximum absolute atomic E-state index is 5.57. The standard InChI is InChI=1S/C14H19N3O/c1-2-14-15-6-7-17(14)10-11-5-8-18-13(11)9-16-12-3-4-12/h5-8,12,16H,2-4,9-10H2,1H3. The Bertz CT molecular complexity index is 511. The van der Waals surface area contributed by atoms with Crippen LogP contribution in [0.15, 0.2) is 29.1 Å². The van der Waals surface area contributed by atoms with E-state index in [9.17, 15) is 0 Å². The Morgan fingerprint density at radius 3 is 3.17 bits per heavy atom. The van der Waals surface area contributed by atoms with Crippen molar-refractivity contribution in [3.63, 3.8) is 0 Å². The summed E-state index contributed by atoms with van der Waals surface area (Å²) in [6.45, 7) is 3.81. The molecule has 0 amide bonds. The number of nitrogens with zero attached hydrogens (tertiary/aromatic N) is 2. The molecule has 0 aliphatic heterocycles. The topological polar surface area (TPSA) is 43.0 Å². The molecule has 0 bridgehead atoms. The molecule has 0 atom stereocenters. The highest BCUT2D eigenvalue weighted by atomic mass is 16.3. The maximum Gasteiger partial charge on any atom is 0.122 e. The van der Waals surface area contributed by atoms with Crippen molar-refractivity contribution in [2.75, 3.05) is 0 Å². The summed E-state index contributed by atoms with van der Waals surface area (Å²) in [5.74, 6) is 2.18. The van der Waals surface area contributed by atoms with E-state index in [0.29, 0.717) is 6.04 Å². The largest absolute Gasteiger partial charge is 0.468 e. The third-order valence-electron chi connectivity index (χ3n) is 3.42. The summed E-state index contributed by atoms with van der Waals surface area (Å²) < 4.78 is 7.75. The van der Waals surface area contributed by atoms with E-state index < -0.39 is 0 Å². The molecule has 1 aliphatic rings. The van der Waals surface area contributed by atoms with Crippen LogP contribution >= 0.6 is 0 Å². The Kier molecular flexibility index (Phi) is 3.19. The highest BCUT2D eigenvalue weighted by molar-refractivity contribution is 5.18. The zero-order valence-electron chi connectivity index (χ0n) is 10.7. The van der Waals surface area contributed by atoms with Crippen molar-refractivity contribution in [3.05, 3.63) is 41.9 Å². The lowest BCUT2D eigenvalue weighted by Crippen LogP contribution is -2.16. The van der Waals surface area contributed by atoms with Gasteiger partial charge in [-0.2, -0.15) is 0 Å². The minimum absolute atomic E-state index is 0.711. The first kappa shape index (κ1) is 11.5. The van der Waals surface area contributed by atoms with Crippen LogP contribution in [-0.2, 0) is 19.5 Å². The Balaban J connectivity index is 1.69. The third kappa shape index (κ3) is 2.48. The third-order valence-corrected chi connectivity index (χ3v) is 3.42. The lowest BCUT2D eigenvalue weighted by molar-refractivity contribution is 0.475. The predicted molar refractivity (Wildman–Crippen MR) is 69.3 cm³/mol. The van der Waals surface area contributed by atoms with Gasteiger partial charge in [0.1, 0.15) is 11.6 Å². The molecule has 2 heterocycles. The predicted octanol–water partition coefficient (Wildman–Crippen LogP) is 2.34. The van der Waals surface area contributed by atoms with Gasteiger partial charge in [0.2, 0.25) is 0 Å². The SMILES string of the molecule is CCc1nccn1Cc1ccoc1CNC1CC1. The summed E-state index contributed by atoms with van der Waals surface area (Å²) in [7, 11) is 0. The summed E-state index contributed by atoms with van der Waals surface area (Å²) in [4.78, 5) is 4.35. The van der Waals surface area contributed by atoms with Crippen molar-refractivity contribution < 1.29 is 4.42 Å². The van der Waals surface area contributed by atoms with E-state index in [1.807, 2.05) is 12.4 Å². The van der Waals surface area contributed by atoms with Crippen LogP contribution in [0.3, 0.4) is 0 Å². The van der Waals surface area contributed by atoms with Gasteiger partial charge in [-0.25, -0.2) is 4.98 Å². The average molecular weight is 245 g/mol. The Morgan fingerprint density at radius 2 is 2.39 bits per heavy atom. The van der Waals surface area contributed by atoms with Crippen LogP contribution in [0.5, 0.6) is 0 Å². The fourth-order valence-electron chi connectivity index (χ4n) is 2.17. The molecule has 1 aliphatic carbocycles. The Labute approximate surface area is 107 Å². The normalized spacial score (nSPS) is 15.2. The molecule has 2 aromatic heterocycles. The molecule has 1 saturated carbocycles. The second-order valence-electron chi connectivity index (χ2n) is 4.85. The van der Waals surface area contributed by atoms with Crippen molar-refractivity contribution in [2.45, 2.75) is 45.3 Å². The molecular weight excluding hydrogens is 226 g/mol. The minimum atomic E-state index is 0.711. The van der Waals surface area contributed by atoms with Crippen molar-refractivity contribution in [1.82, 2.24) is 14.9 Å². The summed E-state index contributed by atoms with van der Waals surface area (Å²) in [5.41, 5.74) is 1.25. The van der Waals surface area contributed by atoms with Crippen molar-refractivity contribution in [1.29, 1.82) is 0 Å². The van der Waals surface area contributed by atoms with Crippen LogP contribution in [0.1, 0.15) is 36.9 Å². The molecule has 4 nitrogen and oxygen atoms in total. The molecular formula is C14H19N3O. The smallest absolute Gasteiger partial charge is 0.122 e. The fraction of sp³-hybridized carbons (Fsp3) is 0.500. The molecule has 0 saturated heterocycles. The van der Waals surface area contributed by atoms with Gasteiger partial charge < -0.3 is 14.3 Å². The number of aromatic nitrogens is 2. The zero-order valence-corrected chi connectivity index (χ0v) is 10.7. The molecule has 0 radical (unpaired) electrons. The van der Waals surface area contributed by atoms with Gasteiger partial charge in [-0.3, -0.25) is 0 Å². The fourth-order valence-corrected chi connectivity index (χ4v) is 2.17. The highest BCUT2D eigenvalue weighted by Crippen LogP contribution is 2.20. The summed E-state index contributed by atoms with van der Waals surface area (Å²) in [6, 6.07) is 2.77. The number of hydrogen-bond acceptors (Lipinski definition) is 3. The molecule has 4 heteroatoms. The van der Waals surface area contributed by atoms with Crippen LogP contribution in [0.25, 0.3) is 0 Å². The molecule has 0 spiro atoms. The lowest BCUT2D eigenvalue weighted by Gasteiger charge is -2.07. The lowest BCUT2D eigenvalue weighted by atomic mass is 10.2. The number of nitrogens with one attached hydrogen (secondary N) is 1. The van der Waals surface area contributed by atoms with Crippen LogP contribution in [0, 0.1) is 0 Å². The van der Waals surface area contributed by atoms with E-state index >= 15 is 0 Å². The van der Waals surface area contributed by atoms with Gasteiger partial charge in [-0.1, -0.05) is 6.92 Å². The second kappa shape index (κ2) is 4.98. The van der Waals surface area contributed by atoms with Gasteiger partial charge in [0, 0.05) is 30.4 Å². The molecule has 2 aromatic rings. The molecule has 0 aromatic carbocycles. The molecule has 1 N–H and O–H groups in total. The van der Waals surface area contributed by atoms with Crippen molar-refractivity contribution in [3.8, 4) is 0 Å². The number of rotatable bonds is 6. The van der Waals surface area contributed by atoms with E-state index in [0.717, 1.165) is 31.1 Å². The average Bonchev–Trinajstić information content (AvgIpc) is 2.94. The maximum atomic E-state index is 5.57. The molecule has 96 valence electrons. The highest BCUT2D eigenvalue weighted by Gasteiger charge is 2.21. The summed E-state index contributed by atoms with van der Waals surface area (Å²) in [6.07, 6.45) is 9.24. The van der Waals surface area contributed by atoms with E-state index in [2.05, 4.69) is 27.9 Å². The molecule has 18 heavy (non-hydrogen) atoms. The first-order valence-electron chi connectivity index (χ1n) is 6.65. The van der Waals surface area contributed by atoms with Gasteiger partial charge in [0.15, 0.2) is 0 Å². The molecule has 1 fully saturated rings. The summed E-state index contributed by atoms with van der Waals surface area (Å²) >= 11 is 0. The second-order valence-corrected chi connectivity index (χ2v) is 4.85. The zero-order chi connectivity index (χ0) is 12.4. The number of aryl methyl sites for hydroxylation is 1. The van der Waals surface area contributed by atoms with Gasteiger partial charge in [-0.15, -0.1) is 0 Å². The van der Waals surface area contributed by atoms with Crippen LogP contribution in [0.4, 0.5) is 0 Å². The summed E-state index contributed by atoms with van der Waals surface area (Å²) in [5, 5.41) is 3.49. The Morgan fingerprint density at radius 1 is 1.50 bits per heavy atom. The molecule has 0 unspecified atom stereocenters. The monoisotopic (exact) mass is 245 g/mol. The number of furan rings is 1. The van der Waals surface area contributed by atoms with E-state index in [1.165, 1.54) is 18.4 Å². The van der Waals surface area contributed by atoms with Crippen LogP contribution < -0.4 is 5.32 Å². The first-order chi connectivity index (χ1) is 8.86. The number of imidazole rings is 1. The van der Waals surface area contributed by atoms with Gasteiger partial charge in [0.25, 0.3) is 0 Å². The van der Waals surface area contributed by atoms with E-state index in [1.54, 1.807) is 6.26 Å². The molecule has 3 rings (SSSR count). The quantitative estimate of drug-likeness (QED) is 0.849. The number of hydrogen-bond donors (Lipinski definition) is 1. The van der Waals surface area contributed by atoms with E-state index in [4.69, 9.17) is 4.42 Å². The Hall–Kier alpha value is -1.55. The van der Waals surface area contributed by atoms with E-state index in [-0.39, 0.29) is 0 Å².